The Balaban J connectivity index is 0. The van der Waals surface area contributed by atoms with Gasteiger partial charge in [-0.15, -0.1) is 0 Å². The Kier molecular flexibility index (Phi) is 10.9. The van der Waals surface area contributed by atoms with Crippen molar-refractivity contribution in [1.82, 2.24) is 0 Å². The molecule has 0 aromatic rings. The van der Waals surface area contributed by atoms with Gasteiger partial charge in [-0.3, -0.25) is 0 Å². The number of hydrogen-bond acceptors (Lipinski definition) is 2. The van der Waals surface area contributed by atoms with E-state index in [0.29, 0.717) is 0 Å². The van der Waals surface area contributed by atoms with Gasteiger partial charge in [0.2, 0.25) is 0 Å². The highest BCUT2D eigenvalue weighted by atomic mass is 35.5. The SMILES string of the molecule is CC(O)C(=O)O.Cl/C=C/Cl. The number of rotatable bonds is 1. The van der Waals surface area contributed by atoms with Crippen LogP contribution < -0.4 is 0 Å². The third-order valence-corrected chi connectivity index (χ3v) is 0.786. The van der Waals surface area contributed by atoms with E-state index in [0.717, 1.165) is 0 Å². The lowest BCUT2D eigenvalue weighted by molar-refractivity contribution is -0.145. The molecule has 0 amide bonds. The largest absolute Gasteiger partial charge is 0.479 e. The number of halogens is 2. The molecule has 0 aliphatic rings. The number of carboxylic acid groups (broad SMARTS) is 1. The van der Waals surface area contributed by atoms with Crippen LogP contribution in [-0.2, 0) is 4.79 Å². The molecule has 0 aromatic carbocycles. The highest BCUT2D eigenvalue weighted by Gasteiger charge is 2.01. The first-order valence-corrected chi connectivity index (χ1v) is 3.19. The van der Waals surface area contributed by atoms with Crippen LogP contribution in [-0.4, -0.2) is 22.3 Å². The fourth-order valence-corrected chi connectivity index (χ4v) is 0. The maximum atomic E-state index is 9.45. The molecular formula is C5H8Cl2O3. The monoisotopic (exact) mass is 186 g/mol. The van der Waals surface area contributed by atoms with Crippen LogP contribution in [0.5, 0.6) is 0 Å². The van der Waals surface area contributed by atoms with E-state index in [4.69, 9.17) is 33.4 Å². The molecule has 0 aliphatic carbocycles. The maximum Gasteiger partial charge on any atom is 0.332 e. The molecule has 3 nitrogen and oxygen atoms in total. The van der Waals surface area contributed by atoms with Crippen LogP contribution in [0.15, 0.2) is 11.1 Å². The van der Waals surface area contributed by atoms with Gasteiger partial charge >= 0.3 is 5.97 Å². The van der Waals surface area contributed by atoms with E-state index in [2.05, 4.69) is 0 Å². The second-order valence-electron chi connectivity index (χ2n) is 1.27. The van der Waals surface area contributed by atoms with Crippen LogP contribution in [0.1, 0.15) is 6.92 Å². The van der Waals surface area contributed by atoms with Crippen LogP contribution >= 0.6 is 23.2 Å². The highest BCUT2D eigenvalue weighted by molar-refractivity contribution is 6.33. The lowest BCUT2D eigenvalue weighted by Crippen LogP contribution is -2.13. The Labute approximate surface area is 68.9 Å². The molecular weight excluding hydrogens is 179 g/mol. The Hall–Kier alpha value is -0.250. The van der Waals surface area contributed by atoms with Crippen molar-refractivity contribution in [2.24, 2.45) is 0 Å². The van der Waals surface area contributed by atoms with Crippen LogP contribution in [0.25, 0.3) is 0 Å². The first-order chi connectivity index (χ1) is 4.56. The van der Waals surface area contributed by atoms with Crippen LogP contribution in [0, 0.1) is 0 Å². The molecule has 0 heterocycles. The minimum Gasteiger partial charge on any atom is -0.479 e. The molecule has 0 aliphatic heterocycles. The summed E-state index contributed by atoms with van der Waals surface area (Å²) in [5, 5.41) is 15.8. The average Bonchev–Trinajstić information content (AvgIpc) is 1.89. The molecule has 0 saturated carbocycles. The van der Waals surface area contributed by atoms with Gasteiger partial charge < -0.3 is 10.2 Å². The van der Waals surface area contributed by atoms with E-state index >= 15 is 0 Å². The second kappa shape index (κ2) is 8.75. The van der Waals surface area contributed by atoms with Gasteiger partial charge in [-0.2, -0.15) is 0 Å². The Morgan fingerprint density at radius 3 is 1.70 bits per heavy atom. The fourth-order valence-electron chi connectivity index (χ4n) is 0. The molecule has 0 rings (SSSR count). The molecule has 10 heavy (non-hydrogen) atoms. The van der Waals surface area contributed by atoms with E-state index < -0.39 is 12.1 Å². The summed E-state index contributed by atoms with van der Waals surface area (Å²) in [6, 6.07) is 0. The third-order valence-electron chi connectivity index (χ3n) is 0.405. The van der Waals surface area contributed by atoms with Crippen molar-refractivity contribution in [2.45, 2.75) is 13.0 Å². The third kappa shape index (κ3) is 15.7. The topological polar surface area (TPSA) is 57.5 Å². The van der Waals surface area contributed by atoms with Gasteiger partial charge in [-0.1, -0.05) is 23.2 Å². The van der Waals surface area contributed by atoms with Crippen LogP contribution in [0.2, 0.25) is 0 Å². The van der Waals surface area contributed by atoms with E-state index in [-0.39, 0.29) is 0 Å². The maximum absolute atomic E-state index is 9.45. The summed E-state index contributed by atoms with van der Waals surface area (Å²) in [6.07, 6.45) is -1.23. The van der Waals surface area contributed by atoms with Crippen molar-refractivity contribution in [3.8, 4) is 0 Å². The van der Waals surface area contributed by atoms with Crippen molar-refractivity contribution in [3.05, 3.63) is 11.1 Å². The Morgan fingerprint density at radius 1 is 1.50 bits per heavy atom. The van der Waals surface area contributed by atoms with Crippen LogP contribution in [0.3, 0.4) is 0 Å². The number of aliphatic carboxylic acids is 1. The molecule has 5 heteroatoms. The molecule has 60 valence electrons. The first kappa shape index (κ1) is 12.4. The number of aliphatic hydroxyl groups is 1. The molecule has 0 radical (unpaired) electrons. The van der Waals surface area contributed by atoms with Crippen molar-refractivity contribution < 1.29 is 15.0 Å². The smallest absolute Gasteiger partial charge is 0.332 e. The zero-order chi connectivity index (χ0) is 8.57. The lowest BCUT2D eigenvalue weighted by Gasteiger charge is -1.89. The molecule has 0 fully saturated rings. The molecule has 2 N–H and O–H groups in total. The molecule has 0 saturated heterocycles. The summed E-state index contributed by atoms with van der Waals surface area (Å²) in [7, 11) is 0. The van der Waals surface area contributed by atoms with Gasteiger partial charge in [0, 0.05) is 11.1 Å². The normalized spacial score (nSPS) is 12.0. The fraction of sp³-hybridized carbons (Fsp3) is 0.400. The van der Waals surface area contributed by atoms with Crippen LogP contribution in [0.4, 0.5) is 0 Å². The van der Waals surface area contributed by atoms with Crippen molar-refractivity contribution in [3.63, 3.8) is 0 Å². The molecule has 1 atom stereocenters. The van der Waals surface area contributed by atoms with E-state index in [1.54, 1.807) is 0 Å². The highest BCUT2D eigenvalue weighted by Crippen LogP contribution is 1.78. The number of aliphatic hydroxyl groups excluding tert-OH is 1. The Bertz CT molecular complexity index is 107. The number of carboxylic acids is 1. The lowest BCUT2D eigenvalue weighted by atomic mass is 10.4. The van der Waals surface area contributed by atoms with Gasteiger partial charge in [-0.05, 0) is 6.92 Å². The standard InChI is InChI=1S/C3H6O3.C2H2Cl2/c1-2(4)3(5)6;3-1-2-4/h2,4H,1H3,(H,5,6);1-2H/b;2-1+. The summed E-state index contributed by atoms with van der Waals surface area (Å²) in [4.78, 5) is 9.45. The number of carbonyl (C=O) groups is 1. The first-order valence-electron chi connectivity index (χ1n) is 2.32. The van der Waals surface area contributed by atoms with Gasteiger partial charge in [0.05, 0.1) is 0 Å². The minimum atomic E-state index is -1.23. The zero-order valence-electron chi connectivity index (χ0n) is 5.29. The molecule has 0 aromatic heterocycles. The van der Waals surface area contributed by atoms with Gasteiger partial charge in [-0.25, -0.2) is 4.79 Å². The number of hydrogen-bond donors (Lipinski definition) is 2. The summed E-state index contributed by atoms with van der Waals surface area (Å²) in [6.45, 7) is 1.20. The summed E-state index contributed by atoms with van der Waals surface area (Å²) in [5.41, 5.74) is 2.48. The predicted molar refractivity (Wildman–Crippen MR) is 40.2 cm³/mol. The molecule has 0 spiro atoms. The van der Waals surface area contributed by atoms with Gasteiger partial charge in [0.15, 0.2) is 0 Å². The van der Waals surface area contributed by atoms with Gasteiger partial charge in [0.25, 0.3) is 0 Å². The zero-order valence-corrected chi connectivity index (χ0v) is 6.80. The molecule has 1 unspecified atom stereocenters. The van der Waals surface area contributed by atoms with E-state index in [1.807, 2.05) is 0 Å². The van der Waals surface area contributed by atoms with Crippen molar-refractivity contribution in [2.75, 3.05) is 0 Å². The summed E-state index contributed by atoms with van der Waals surface area (Å²) in [5.74, 6) is -1.19. The van der Waals surface area contributed by atoms with E-state index in [1.165, 1.54) is 18.0 Å². The van der Waals surface area contributed by atoms with Crippen molar-refractivity contribution in [1.29, 1.82) is 0 Å². The second-order valence-corrected chi connectivity index (χ2v) is 1.77. The minimum absolute atomic E-state index is 1.19. The predicted octanol–water partition coefficient (Wildman–Crippen LogP) is 1.39. The van der Waals surface area contributed by atoms with E-state index in [9.17, 15) is 4.79 Å². The quantitative estimate of drug-likeness (QED) is 0.651. The molecule has 0 bridgehead atoms. The summed E-state index contributed by atoms with van der Waals surface area (Å²) >= 11 is 9.75. The average molecular weight is 187 g/mol. The van der Waals surface area contributed by atoms with Gasteiger partial charge in [0.1, 0.15) is 6.10 Å². The summed E-state index contributed by atoms with van der Waals surface area (Å²) < 4.78 is 0. The van der Waals surface area contributed by atoms with Crippen molar-refractivity contribution >= 4 is 29.2 Å². The Morgan fingerprint density at radius 2 is 1.70 bits per heavy atom.